The molecule has 0 atom stereocenters. The largest absolute Gasteiger partial charge is 0.544 e. The van der Waals surface area contributed by atoms with Crippen LogP contribution in [0.25, 0.3) is 0 Å². The van der Waals surface area contributed by atoms with Gasteiger partial charge in [-0.25, -0.2) is 0 Å². The Bertz CT molecular complexity index is 525. The fourth-order valence-electron chi connectivity index (χ4n) is 1.86. The highest BCUT2D eigenvalue weighted by Crippen LogP contribution is 2.51. The van der Waals surface area contributed by atoms with Crippen LogP contribution < -0.4 is 4.43 Å². The third kappa shape index (κ3) is 6.07. The Labute approximate surface area is 142 Å². The summed E-state index contributed by atoms with van der Waals surface area (Å²) in [5.74, 6) is 0.864. The van der Waals surface area contributed by atoms with Crippen LogP contribution in [0.5, 0.6) is 5.75 Å². The third-order valence-corrected chi connectivity index (χ3v) is 10.5. The molecule has 0 aromatic heterocycles. The van der Waals surface area contributed by atoms with Crippen LogP contribution in [0.4, 0.5) is 0 Å². The Morgan fingerprint density at radius 3 is 1.87 bits per heavy atom. The van der Waals surface area contributed by atoms with Gasteiger partial charge in [-0.3, -0.25) is 4.57 Å². The van der Waals surface area contributed by atoms with Crippen molar-refractivity contribution in [3.8, 4) is 5.75 Å². The molecule has 1 aromatic carbocycles. The Balaban J connectivity index is 2.82. The van der Waals surface area contributed by atoms with Crippen molar-refractivity contribution in [3.63, 3.8) is 0 Å². The van der Waals surface area contributed by atoms with Crippen molar-refractivity contribution < 1.29 is 18.0 Å². The molecule has 0 aliphatic carbocycles. The highest BCUT2D eigenvalue weighted by molar-refractivity contribution is 7.53. The third-order valence-electron chi connectivity index (χ3n) is 4.13. The van der Waals surface area contributed by atoms with Gasteiger partial charge in [-0.1, -0.05) is 32.9 Å². The molecule has 0 amide bonds. The van der Waals surface area contributed by atoms with E-state index in [1.165, 1.54) is 0 Å². The summed E-state index contributed by atoms with van der Waals surface area (Å²) in [6.07, 6.45) is 0.287. The summed E-state index contributed by atoms with van der Waals surface area (Å²) in [5, 5.41) is 0.158. The highest BCUT2D eigenvalue weighted by Gasteiger charge is 2.38. The molecular weight excluding hydrogens is 327 g/mol. The smallest absolute Gasteiger partial charge is 0.335 e. The summed E-state index contributed by atoms with van der Waals surface area (Å²) in [6.45, 7) is 15.5. The van der Waals surface area contributed by atoms with Crippen LogP contribution in [0.15, 0.2) is 24.3 Å². The van der Waals surface area contributed by atoms with Gasteiger partial charge in [0.25, 0.3) is 0 Å². The van der Waals surface area contributed by atoms with E-state index in [4.69, 9.17) is 13.5 Å². The fourth-order valence-corrected chi connectivity index (χ4v) is 4.59. The Morgan fingerprint density at radius 1 is 1.00 bits per heavy atom. The van der Waals surface area contributed by atoms with E-state index in [1.54, 1.807) is 0 Å². The van der Waals surface area contributed by atoms with Gasteiger partial charge >= 0.3 is 7.60 Å². The number of hydrogen-bond acceptors (Lipinski definition) is 4. The Kier molecular flexibility index (Phi) is 7.08. The maximum absolute atomic E-state index is 12.6. The summed E-state index contributed by atoms with van der Waals surface area (Å²) >= 11 is 0. The second-order valence-corrected chi connectivity index (χ2v) is 13.9. The molecular formula is C17H31O4PSi. The van der Waals surface area contributed by atoms with Crippen molar-refractivity contribution in [2.24, 2.45) is 0 Å². The van der Waals surface area contributed by atoms with E-state index in [0.29, 0.717) is 13.2 Å². The average Bonchev–Trinajstić information content (AvgIpc) is 2.40. The highest BCUT2D eigenvalue weighted by atomic mass is 31.2. The average molecular weight is 358 g/mol. The van der Waals surface area contributed by atoms with Crippen molar-refractivity contribution in [2.45, 2.75) is 58.9 Å². The van der Waals surface area contributed by atoms with E-state index < -0.39 is 15.9 Å². The first-order valence-electron chi connectivity index (χ1n) is 8.19. The van der Waals surface area contributed by atoms with Crippen LogP contribution in [0.2, 0.25) is 18.1 Å². The molecule has 6 heteroatoms. The van der Waals surface area contributed by atoms with Gasteiger partial charge in [0.1, 0.15) is 5.75 Å². The van der Waals surface area contributed by atoms with Gasteiger partial charge in [-0.05, 0) is 49.7 Å². The zero-order valence-corrected chi connectivity index (χ0v) is 17.4. The van der Waals surface area contributed by atoms with Crippen LogP contribution in [0, 0.1) is 0 Å². The second-order valence-electron chi connectivity index (χ2n) is 7.11. The standard InChI is InChI=1S/C17H31O4PSi/c1-8-19-22(18,20-9-2)14-15-10-12-16(13-11-15)21-23(6,7)17(3,4)5/h10-13H,8-9,14H2,1-7H3. The molecule has 0 saturated carbocycles. The molecule has 0 aliphatic rings. The van der Waals surface area contributed by atoms with Crippen molar-refractivity contribution in [1.29, 1.82) is 0 Å². The molecule has 0 aliphatic heterocycles. The van der Waals surface area contributed by atoms with E-state index in [9.17, 15) is 4.57 Å². The molecule has 0 spiro atoms. The van der Waals surface area contributed by atoms with Crippen molar-refractivity contribution >= 4 is 15.9 Å². The van der Waals surface area contributed by atoms with Gasteiger partial charge in [0.15, 0.2) is 0 Å². The lowest BCUT2D eigenvalue weighted by Gasteiger charge is -2.36. The number of benzene rings is 1. The number of rotatable bonds is 8. The molecule has 132 valence electrons. The first-order chi connectivity index (χ1) is 10.5. The predicted molar refractivity (Wildman–Crippen MR) is 98.8 cm³/mol. The van der Waals surface area contributed by atoms with Crippen LogP contribution in [-0.4, -0.2) is 21.5 Å². The first kappa shape index (κ1) is 20.4. The lowest BCUT2D eigenvalue weighted by molar-refractivity contribution is 0.219. The first-order valence-corrected chi connectivity index (χ1v) is 12.8. The second kappa shape index (κ2) is 7.97. The van der Waals surface area contributed by atoms with E-state index in [0.717, 1.165) is 11.3 Å². The minimum atomic E-state index is -3.06. The van der Waals surface area contributed by atoms with Crippen molar-refractivity contribution in [3.05, 3.63) is 29.8 Å². The molecule has 1 aromatic rings. The molecule has 0 bridgehead atoms. The topological polar surface area (TPSA) is 44.8 Å². The monoisotopic (exact) mass is 358 g/mol. The van der Waals surface area contributed by atoms with Gasteiger partial charge in [0.2, 0.25) is 8.32 Å². The van der Waals surface area contributed by atoms with Gasteiger partial charge in [0.05, 0.1) is 19.4 Å². The minimum absolute atomic E-state index is 0.158. The van der Waals surface area contributed by atoms with E-state index in [1.807, 2.05) is 38.1 Å². The molecule has 0 unspecified atom stereocenters. The minimum Gasteiger partial charge on any atom is -0.544 e. The summed E-state index contributed by atoms with van der Waals surface area (Å²) < 4.78 is 29.5. The van der Waals surface area contributed by atoms with Crippen LogP contribution in [-0.2, 0) is 19.8 Å². The van der Waals surface area contributed by atoms with Crippen LogP contribution in [0.1, 0.15) is 40.2 Å². The number of hydrogen-bond donors (Lipinski definition) is 0. The molecule has 0 saturated heterocycles. The lowest BCUT2D eigenvalue weighted by atomic mass is 10.2. The molecule has 0 fully saturated rings. The summed E-state index contributed by atoms with van der Waals surface area (Å²) in [4.78, 5) is 0. The Morgan fingerprint density at radius 2 is 1.48 bits per heavy atom. The van der Waals surface area contributed by atoms with Gasteiger partial charge in [-0.2, -0.15) is 0 Å². The quantitative estimate of drug-likeness (QED) is 0.433. The zero-order chi connectivity index (χ0) is 17.7. The summed E-state index contributed by atoms with van der Waals surface area (Å²) in [5.41, 5.74) is 0.929. The summed E-state index contributed by atoms with van der Waals surface area (Å²) in [7, 11) is -4.90. The molecule has 23 heavy (non-hydrogen) atoms. The van der Waals surface area contributed by atoms with Crippen molar-refractivity contribution in [1.82, 2.24) is 0 Å². The molecule has 0 heterocycles. The zero-order valence-electron chi connectivity index (χ0n) is 15.5. The molecule has 0 N–H and O–H groups in total. The van der Waals surface area contributed by atoms with E-state index in [2.05, 4.69) is 33.9 Å². The SMILES string of the molecule is CCOP(=O)(Cc1ccc(O[Si](C)(C)C(C)(C)C)cc1)OCC. The van der Waals surface area contributed by atoms with Crippen LogP contribution in [0.3, 0.4) is 0 Å². The maximum Gasteiger partial charge on any atom is 0.335 e. The maximum atomic E-state index is 12.6. The molecule has 4 nitrogen and oxygen atoms in total. The normalized spacial score (nSPS) is 13.2. The van der Waals surface area contributed by atoms with Gasteiger partial charge in [-0.15, -0.1) is 0 Å². The van der Waals surface area contributed by atoms with Gasteiger partial charge in [0, 0.05) is 0 Å². The van der Waals surface area contributed by atoms with E-state index >= 15 is 0 Å². The lowest BCUT2D eigenvalue weighted by Crippen LogP contribution is -2.43. The van der Waals surface area contributed by atoms with E-state index in [-0.39, 0.29) is 11.2 Å². The summed E-state index contributed by atoms with van der Waals surface area (Å²) in [6, 6.07) is 7.76. The Hall–Kier alpha value is -0.613. The van der Waals surface area contributed by atoms with Crippen LogP contribution >= 0.6 is 7.60 Å². The fraction of sp³-hybridized carbons (Fsp3) is 0.647. The molecule has 0 radical (unpaired) electrons. The predicted octanol–water partition coefficient (Wildman–Crippen LogP) is 5.84. The molecule has 1 rings (SSSR count). The van der Waals surface area contributed by atoms with Gasteiger partial charge < -0.3 is 13.5 Å². The van der Waals surface area contributed by atoms with Crippen molar-refractivity contribution in [2.75, 3.05) is 13.2 Å².